The van der Waals surface area contributed by atoms with E-state index >= 15 is 0 Å². The maximum Gasteiger partial charge on any atom is 0.0443 e. The minimum atomic E-state index is 0.325. The van der Waals surface area contributed by atoms with Crippen molar-refractivity contribution in [2.75, 3.05) is 13.2 Å². The summed E-state index contributed by atoms with van der Waals surface area (Å²) in [6.07, 6.45) is 9.54. The van der Waals surface area contributed by atoms with Crippen LogP contribution in [0.25, 0.3) is 0 Å². The molecule has 2 atom stereocenters. The third-order valence-corrected chi connectivity index (χ3v) is 3.77. The normalized spacial score (nSPS) is 33.2. The van der Waals surface area contributed by atoms with Crippen molar-refractivity contribution in [1.29, 1.82) is 0 Å². The van der Waals surface area contributed by atoms with Crippen LogP contribution < -0.4 is 5.32 Å². The average Bonchev–Trinajstić information content (AvgIpc) is 3.02. The maximum absolute atomic E-state index is 8.71. The zero-order valence-electron chi connectivity index (χ0n) is 9.04. The van der Waals surface area contributed by atoms with Crippen LogP contribution in [0.3, 0.4) is 0 Å². The SMILES string of the molecule is OCCCNC1CCCC(C2CC2)C1. The first-order chi connectivity index (χ1) is 6.90. The van der Waals surface area contributed by atoms with E-state index in [9.17, 15) is 0 Å². The summed E-state index contributed by atoms with van der Waals surface area (Å²) in [4.78, 5) is 0. The molecule has 14 heavy (non-hydrogen) atoms. The van der Waals surface area contributed by atoms with Crippen LogP contribution in [0, 0.1) is 11.8 Å². The zero-order chi connectivity index (χ0) is 9.80. The number of hydrogen-bond acceptors (Lipinski definition) is 2. The molecule has 0 radical (unpaired) electrons. The lowest BCUT2D eigenvalue weighted by Crippen LogP contribution is -2.35. The topological polar surface area (TPSA) is 32.3 Å². The van der Waals surface area contributed by atoms with E-state index in [1.54, 1.807) is 0 Å². The summed E-state index contributed by atoms with van der Waals surface area (Å²) in [5.41, 5.74) is 0. The predicted molar refractivity (Wildman–Crippen MR) is 58.2 cm³/mol. The standard InChI is InChI=1S/C12H23NO/c14-8-2-7-13-12-4-1-3-11(9-12)10-5-6-10/h10-14H,1-9H2. The molecule has 0 aromatic rings. The van der Waals surface area contributed by atoms with Crippen LogP contribution in [0.1, 0.15) is 44.9 Å². The molecule has 2 aliphatic rings. The van der Waals surface area contributed by atoms with Gasteiger partial charge in [-0.3, -0.25) is 0 Å². The lowest BCUT2D eigenvalue weighted by atomic mass is 9.83. The highest BCUT2D eigenvalue weighted by molar-refractivity contribution is 4.87. The number of aliphatic hydroxyl groups is 1. The fraction of sp³-hybridized carbons (Fsp3) is 1.00. The molecule has 2 unspecified atom stereocenters. The molecule has 2 rings (SSSR count). The Hall–Kier alpha value is -0.0800. The zero-order valence-corrected chi connectivity index (χ0v) is 9.04. The van der Waals surface area contributed by atoms with Gasteiger partial charge in [-0.1, -0.05) is 12.8 Å². The van der Waals surface area contributed by atoms with E-state index in [-0.39, 0.29) is 0 Å². The Morgan fingerprint density at radius 2 is 1.93 bits per heavy atom. The fourth-order valence-corrected chi connectivity index (χ4v) is 2.79. The minimum absolute atomic E-state index is 0.325. The van der Waals surface area contributed by atoms with E-state index in [4.69, 9.17) is 5.11 Å². The molecular formula is C12H23NO. The molecule has 0 bridgehead atoms. The van der Waals surface area contributed by atoms with Crippen molar-refractivity contribution in [3.63, 3.8) is 0 Å². The number of hydrogen-bond donors (Lipinski definition) is 2. The van der Waals surface area contributed by atoms with Gasteiger partial charge in [0.15, 0.2) is 0 Å². The molecule has 2 aliphatic carbocycles. The number of rotatable bonds is 5. The van der Waals surface area contributed by atoms with Crippen molar-refractivity contribution < 1.29 is 5.11 Å². The van der Waals surface area contributed by atoms with E-state index in [2.05, 4.69) is 5.32 Å². The highest BCUT2D eigenvalue weighted by atomic mass is 16.3. The van der Waals surface area contributed by atoms with Gasteiger partial charge in [-0.15, -0.1) is 0 Å². The number of aliphatic hydroxyl groups excluding tert-OH is 1. The van der Waals surface area contributed by atoms with E-state index in [1.807, 2.05) is 0 Å². The van der Waals surface area contributed by atoms with Gasteiger partial charge in [0.1, 0.15) is 0 Å². The van der Waals surface area contributed by atoms with Crippen LogP contribution in [0.2, 0.25) is 0 Å². The van der Waals surface area contributed by atoms with E-state index in [1.165, 1.54) is 38.5 Å². The lowest BCUT2D eigenvalue weighted by molar-refractivity contribution is 0.247. The third-order valence-electron chi connectivity index (χ3n) is 3.77. The molecule has 2 saturated carbocycles. The molecule has 2 heteroatoms. The van der Waals surface area contributed by atoms with Gasteiger partial charge in [0, 0.05) is 12.6 Å². The second-order valence-corrected chi connectivity index (χ2v) is 4.99. The number of nitrogens with one attached hydrogen (secondary N) is 1. The summed E-state index contributed by atoms with van der Waals surface area (Å²) in [5.74, 6) is 2.10. The van der Waals surface area contributed by atoms with Crippen LogP contribution in [0.5, 0.6) is 0 Å². The van der Waals surface area contributed by atoms with Crippen molar-refractivity contribution in [2.45, 2.75) is 51.0 Å². The monoisotopic (exact) mass is 197 g/mol. The van der Waals surface area contributed by atoms with Gasteiger partial charge in [-0.25, -0.2) is 0 Å². The molecule has 82 valence electrons. The quantitative estimate of drug-likeness (QED) is 0.660. The van der Waals surface area contributed by atoms with Crippen molar-refractivity contribution in [1.82, 2.24) is 5.32 Å². The Balaban J connectivity index is 1.65. The fourth-order valence-electron chi connectivity index (χ4n) is 2.79. The van der Waals surface area contributed by atoms with Gasteiger partial charge in [0.05, 0.1) is 0 Å². The largest absolute Gasteiger partial charge is 0.396 e. The summed E-state index contributed by atoms with van der Waals surface area (Å²) < 4.78 is 0. The predicted octanol–water partition coefficient (Wildman–Crippen LogP) is 1.93. The highest BCUT2D eigenvalue weighted by Crippen LogP contribution is 2.43. The Bertz CT molecular complexity index is 168. The molecule has 0 aromatic heterocycles. The summed E-state index contributed by atoms with van der Waals surface area (Å²) in [7, 11) is 0. The molecule has 0 heterocycles. The van der Waals surface area contributed by atoms with Crippen LogP contribution in [-0.4, -0.2) is 24.3 Å². The van der Waals surface area contributed by atoms with Gasteiger partial charge in [-0.05, 0) is 50.5 Å². The van der Waals surface area contributed by atoms with E-state index in [0.29, 0.717) is 6.61 Å². The Labute approximate surface area is 87.1 Å². The van der Waals surface area contributed by atoms with E-state index < -0.39 is 0 Å². The van der Waals surface area contributed by atoms with Crippen LogP contribution in [0.4, 0.5) is 0 Å². The third kappa shape index (κ3) is 2.96. The molecule has 0 saturated heterocycles. The first-order valence-corrected chi connectivity index (χ1v) is 6.24. The summed E-state index contributed by atoms with van der Waals surface area (Å²) in [5, 5.41) is 12.3. The molecule has 0 aliphatic heterocycles. The summed E-state index contributed by atoms with van der Waals surface area (Å²) >= 11 is 0. The first kappa shape index (κ1) is 10.4. The van der Waals surface area contributed by atoms with Gasteiger partial charge in [0.2, 0.25) is 0 Å². The van der Waals surface area contributed by atoms with Crippen LogP contribution in [0.15, 0.2) is 0 Å². The Morgan fingerprint density at radius 1 is 1.07 bits per heavy atom. The molecule has 2 nitrogen and oxygen atoms in total. The van der Waals surface area contributed by atoms with Gasteiger partial charge >= 0.3 is 0 Å². The minimum Gasteiger partial charge on any atom is -0.396 e. The molecule has 0 spiro atoms. The van der Waals surface area contributed by atoms with Crippen LogP contribution >= 0.6 is 0 Å². The summed E-state index contributed by atoms with van der Waals surface area (Å²) in [6, 6.07) is 0.751. The Morgan fingerprint density at radius 3 is 2.64 bits per heavy atom. The van der Waals surface area contributed by atoms with Crippen LogP contribution in [-0.2, 0) is 0 Å². The molecule has 0 amide bonds. The highest BCUT2D eigenvalue weighted by Gasteiger charge is 2.34. The van der Waals surface area contributed by atoms with Gasteiger partial charge < -0.3 is 10.4 Å². The second kappa shape index (κ2) is 5.13. The molecular weight excluding hydrogens is 174 g/mol. The molecule has 2 fully saturated rings. The maximum atomic E-state index is 8.71. The van der Waals surface area contributed by atoms with Gasteiger partial charge in [0.25, 0.3) is 0 Å². The average molecular weight is 197 g/mol. The van der Waals surface area contributed by atoms with E-state index in [0.717, 1.165) is 30.8 Å². The molecule has 2 N–H and O–H groups in total. The Kier molecular flexibility index (Phi) is 3.82. The molecule has 0 aromatic carbocycles. The van der Waals surface area contributed by atoms with Crippen molar-refractivity contribution in [3.05, 3.63) is 0 Å². The van der Waals surface area contributed by atoms with Crippen molar-refractivity contribution >= 4 is 0 Å². The van der Waals surface area contributed by atoms with Crippen molar-refractivity contribution in [3.8, 4) is 0 Å². The van der Waals surface area contributed by atoms with Gasteiger partial charge in [-0.2, -0.15) is 0 Å². The smallest absolute Gasteiger partial charge is 0.0443 e. The lowest BCUT2D eigenvalue weighted by Gasteiger charge is -2.30. The summed E-state index contributed by atoms with van der Waals surface area (Å²) in [6.45, 7) is 1.32. The second-order valence-electron chi connectivity index (χ2n) is 4.99. The first-order valence-electron chi connectivity index (χ1n) is 6.24. The van der Waals surface area contributed by atoms with Crippen molar-refractivity contribution in [2.24, 2.45) is 11.8 Å².